The van der Waals surface area contributed by atoms with Crippen LogP contribution in [0.4, 0.5) is 0 Å². The summed E-state index contributed by atoms with van der Waals surface area (Å²) < 4.78 is 24.3. The van der Waals surface area contributed by atoms with Crippen LogP contribution in [0.5, 0.6) is 0 Å². The zero-order valence-corrected chi connectivity index (χ0v) is 61.5. The average Bonchev–Trinajstić information content (AvgIpc) is 1.49. The quantitative estimate of drug-likeness (QED) is 0.105. The Morgan fingerprint density at radius 3 is 1.13 bits per heavy atom. The van der Waals surface area contributed by atoms with E-state index in [1.54, 1.807) is 71.2 Å². The van der Waals surface area contributed by atoms with E-state index < -0.39 is 10.8 Å². The number of aryl methyl sites for hydroxylation is 4. The highest BCUT2D eigenvalue weighted by Gasteiger charge is 2.54. The fourth-order valence-corrected chi connectivity index (χ4v) is 23.4. The normalized spacial score (nSPS) is 14.9. The fourth-order valence-electron chi connectivity index (χ4n) is 16.9. The molecule has 4 aliphatic carbocycles. The number of aromatic nitrogens is 4. The van der Waals surface area contributed by atoms with E-state index >= 15 is 0 Å². The van der Waals surface area contributed by atoms with Gasteiger partial charge < -0.3 is 0 Å². The minimum absolute atomic E-state index is 0.122. The second-order valence-corrected chi connectivity index (χ2v) is 32.7. The topological polar surface area (TPSA) is 181 Å². The number of carbonyl (C=O) groups excluding carboxylic acids is 2. The number of hydrogen-bond acceptors (Lipinski definition) is 16. The van der Waals surface area contributed by atoms with Crippen molar-refractivity contribution in [1.82, 2.24) is 17.5 Å². The van der Waals surface area contributed by atoms with E-state index in [4.69, 9.17) is 17.5 Å². The molecular formula is C90H48N8O2S6. The van der Waals surface area contributed by atoms with Gasteiger partial charge in [0.1, 0.15) is 57.5 Å². The van der Waals surface area contributed by atoms with Crippen molar-refractivity contribution in [3.63, 3.8) is 0 Å². The summed E-state index contributed by atoms with van der Waals surface area (Å²) in [5, 5.41) is 42.8. The van der Waals surface area contributed by atoms with Crippen molar-refractivity contribution in [2.45, 2.75) is 38.5 Å². The molecule has 6 aromatic heterocycles. The van der Waals surface area contributed by atoms with Gasteiger partial charge in [0.05, 0.1) is 43.7 Å². The average molecular weight is 1470 g/mol. The van der Waals surface area contributed by atoms with E-state index in [-0.39, 0.29) is 33.9 Å². The van der Waals surface area contributed by atoms with Gasteiger partial charge in [0.15, 0.2) is 11.6 Å². The van der Waals surface area contributed by atoms with Crippen molar-refractivity contribution in [2.24, 2.45) is 0 Å². The van der Waals surface area contributed by atoms with Crippen LogP contribution < -0.4 is 0 Å². The summed E-state index contributed by atoms with van der Waals surface area (Å²) >= 11 is 9.53. The van der Waals surface area contributed by atoms with E-state index in [9.17, 15) is 30.6 Å². The number of nitrogens with zero attached hydrogens (tertiary/aromatic N) is 8. The Balaban J connectivity index is 0.788. The van der Waals surface area contributed by atoms with Crippen LogP contribution in [0.1, 0.15) is 110 Å². The zero-order valence-electron chi connectivity index (χ0n) is 56.6. The number of benzene rings is 10. The minimum atomic E-state index is -0.776. The lowest BCUT2D eigenvalue weighted by molar-refractivity contribution is 0.103. The summed E-state index contributed by atoms with van der Waals surface area (Å²) in [5.74, 6) is -0.501. The first-order valence-corrected chi connectivity index (χ1v) is 38.9. The van der Waals surface area contributed by atoms with E-state index in [2.05, 4.69) is 173 Å². The summed E-state index contributed by atoms with van der Waals surface area (Å²) in [7, 11) is 0. The van der Waals surface area contributed by atoms with Crippen LogP contribution in [0.2, 0.25) is 0 Å². The Morgan fingerprint density at radius 1 is 0.368 bits per heavy atom. The monoisotopic (exact) mass is 1460 g/mol. The second kappa shape index (κ2) is 23.6. The number of rotatable bonds is 8. The maximum Gasteiger partial charge on any atom is 0.194 e. The number of Topliss-reactive ketones (excluding diaryl/α,β-unsaturated/α-hetero) is 2. The van der Waals surface area contributed by atoms with Crippen LogP contribution in [0.3, 0.4) is 0 Å². The van der Waals surface area contributed by atoms with Gasteiger partial charge in [-0.05, 0) is 143 Å². The molecule has 106 heavy (non-hydrogen) atoms. The highest BCUT2D eigenvalue weighted by molar-refractivity contribution is 7.32. The van der Waals surface area contributed by atoms with Crippen molar-refractivity contribution < 1.29 is 9.59 Å². The second-order valence-electron chi connectivity index (χ2n) is 27.5. The summed E-state index contributed by atoms with van der Waals surface area (Å²) in [5.41, 5.74) is 24.1. The molecule has 0 saturated heterocycles. The number of thiophene rings is 4. The smallest absolute Gasteiger partial charge is 0.194 e. The summed E-state index contributed by atoms with van der Waals surface area (Å²) in [4.78, 5) is 32.8. The Labute approximate surface area is 631 Å². The molecule has 0 fully saturated rings. The predicted octanol–water partition coefficient (Wildman–Crippen LogP) is 22.9. The number of nitriles is 4. The molecule has 0 bridgehead atoms. The van der Waals surface area contributed by atoms with Gasteiger partial charge in [-0.15, -0.1) is 45.3 Å². The lowest BCUT2D eigenvalue weighted by Crippen LogP contribution is -2.29. The zero-order chi connectivity index (χ0) is 71.8. The molecule has 0 atom stereocenters. The van der Waals surface area contributed by atoms with Gasteiger partial charge >= 0.3 is 0 Å². The van der Waals surface area contributed by atoms with E-state index in [1.807, 2.05) is 71.2 Å². The molecule has 6 heterocycles. The summed E-state index contributed by atoms with van der Waals surface area (Å²) in [6, 6.07) is 81.6. The number of fused-ring (bicyclic) bond motifs is 15. The highest BCUT2D eigenvalue weighted by Crippen LogP contribution is 2.69. The van der Waals surface area contributed by atoms with Crippen molar-refractivity contribution in [3.8, 4) is 66.0 Å². The van der Waals surface area contributed by atoms with Gasteiger partial charge in [0.2, 0.25) is 0 Å². The molecule has 0 spiro atoms. The molecule has 10 nitrogen and oxygen atoms in total. The molecule has 496 valence electrons. The highest BCUT2D eigenvalue weighted by atomic mass is 32.1. The van der Waals surface area contributed by atoms with Gasteiger partial charge in [0.25, 0.3) is 0 Å². The SMILES string of the molecule is Cc1ccc(C2(c3ccc(C)cc3)c3cc4cc(-c5ccc(C=C6C(=O)c7ccccc7C6=C(C#N)C#N)c6nsnc56)sc4cc3-c3sc4c5c(sc4c32)-c2cc3cc(-c4ccc(C=C6C(=O)c7ccccc7C6=C(C#N)C#N)c6nsnc46)sc3cc2C5(c2ccc(C)cc2)c2ccc(C)cc2)cc1. The minimum Gasteiger partial charge on any atom is -0.289 e. The van der Waals surface area contributed by atoms with Gasteiger partial charge in [-0.1, -0.05) is 192 Å². The van der Waals surface area contributed by atoms with Crippen molar-refractivity contribution >= 4 is 155 Å². The van der Waals surface area contributed by atoms with E-state index in [0.29, 0.717) is 66.6 Å². The van der Waals surface area contributed by atoms with Crippen LogP contribution in [0.25, 0.3) is 117 Å². The molecule has 20 rings (SSSR count). The Bertz CT molecular complexity index is 6470. The van der Waals surface area contributed by atoms with Crippen LogP contribution in [-0.4, -0.2) is 29.1 Å². The standard InChI is InChI=1S/C90H48N8O2S6/c1-45-13-23-55(24-14-45)89(56-25-15-46(2)16-26-56)69-36-52-38-74(64-32-22-50(80-82(64)98-106-96-80)34-68-76(54(43-93)44-94)60-10-6-8-12-62(60)84(68)100)101-71(52)39-66(69)86-78(89)88-87(104-86)77-85(103-88)65-35-51-37-73(102-72(51)40-70(65)90(77,57-27-17-47(3)18-28-57)58-29-19-48(4)20-30-58)63-31-21-49(79-81(63)97-105-95-79)33-67-75(53(41-91)42-92)59-9-5-7-11-61(59)83(67)99/h5-40H,1-4H3. The molecule has 10 aromatic carbocycles. The Kier molecular flexibility index (Phi) is 14.1. The lowest BCUT2D eigenvalue weighted by atomic mass is 9.66. The number of allylic oxidation sites excluding steroid dienone is 6. The van der Waals surface area contributed by atoms with Crippen LogP contribution >= 0.6 is 68.8 Å². The van der Waals surface area contributed by atoms with Crippen molar-refractivity contribution in [2.75, 3.05) is 0 Å². The van der Waals surface area contributed by atoms with Crippen LogP contribution in [-0.2, 0) is 10.8 Å². The molecular weight excluding hydrogens is 1420 g/mol. The summed E-state index contributed by atoms with van der Waals surface area (Å²) in [6.45, 7) is 8.63. The van der Waals surface area contributed by atoms with Gasteiger partial charge in [-0.3, -0.25) is 9.59 Å². The maximum atomic E-state index is 14.1. The predicted molar refractivity (Wildman–Crippen MR) is 431 cm³/mol. The summed E-state index contributed by atoms with van der Waals surface area (Å²) in [6.07, 6.45) is 3.52. The third-order valence-corrected chi connectivity index (χ3v) is 27.6. The number of ketones is 2. The first-order chi connectivity index (χ1) is 51.8. The van der Waals surface area contributed by atoms with Crippen molar-refractivity contribution in [3.05, 3.63) is 329 Å². The van der Waals surface area contributed by atoms with Gasteiger partial charge in [-0.2, -0.15) is 38.5 Å². The Hall–Kier alpha value is -12.3. The molecule has 0 radical (unpaired) electrons. The van der Waals surface area contributed by atoms with E-state index in [1.165, 1.54) is 97.0 Å². The number of carbonyl (C=O) groups is 2. The third-order valence-electron chi connectivity index (χ3n) is 21.7. The van der Waals surface area contributed by atoms with Gasteiger partial charge in [-0.25, -0.2) is 0 Å². The molecule has 16 heteroatoms. The Morgan fingerprint density at radius 2 is 0.726 bits per heavy atom. The molecule has 0 saturated carbocycles. The molecule has 0 aliphatic heterocycles. The molecule has 0 unspecified atom stereocenters. The molecule has 0 N–H and O–H groups in total. The fraction of sp³-hybridized carbons (Fsp3) is 0.0667. The molecule has 0 amide bonds. The van der Waals surface area contributed by atoms with Crippen LogP contribution in [0, 0.1) is 73.0 Å². The first kappa shape index (κ1) is 63.4. The molecule has 16 aromatic rings. The molecule has 4 aliphatic rings. The number of hydrogen-bond donors (Lipinski definition) is 0. The largest absolute Gasteiger partial charge is 0.289 e. The maximum absolute atomic E-state index is 14.1. The third kappa shape index (κ3) is 8.86. The van der Waals surface area contributed by atoms with Gasteiger partial charge in [0, 0.05) is 95.7 Å². The van der Waals surface area contributed by atoms with Crippen molar-refractivity contribution in [1.29, 1.82) is 21.0 Å². The lowest BCUT2D eigenvalue weighted by Gasteiger charge is -2.34. The van der Waals surface area contributed by atoms with Crippen LogP contribution in [0.15, 0.2) is 229 Å². The van der Waals surface area contributed by atoms with E-state index in [0.717, 1.165) is 64.5 Å². The first-order valence-electron chi connectivity index (χ1n) is 34.2.